The predicted molar refractivity (Wildman–Crippen MR) is 87.7 cm³/mol. The molecule has 7 heteroatoms. The van der Waals surface area contributed by atoms with E-state index in [4.69, 9.17) is 37.4 Å². The first kappa shape index (κ1) is 17.3. The van der Waals surface area contributed by atoms with E-state index in [1.807, 2.05) is 7.05 Å². The number of nitrogens with one attached hydrogen (secondary N) is 1. The SMILES string of the molecule is CNC1CC(Oc2cc(Cl)c(Br)cc2Cl)C1OCCOC. The molecule has 3 unspecified atom stereocenters. The number of halogens is 3. The Bertz CT molecular complexity index is 490. The summed E-state index contributed by atoms with van der Waals surface area (Å²) in [6.45, 7) is 1.10. The predicted octanol–water partition coefficient (Wildman–Crippen LogP) is 3.53. The van der Waals surface area contributed by atoms with Gasteiger partial charge in [-0.25, -0.2) is 0 Å². The monoisotopic (exact) mass is 397 g/mol. The quantitative estimate of drug-likeness (QED) is 0.563. The van der Waals surface area contributed by atoms with Crippen molar-refractivity contribution in [1.29, 1.82) is 0 Å². The number of ether oxygens (including phenoxy) is 3. The summed E-state index contributed by atoms with van der Waals surface area (Å²) < 4.78 is 17.5. The fourth-order valence-corrected chi connectivity index (χ4v) is 3.06. The Morgan fingerprint density at radius 1 is 1.29 bits per heavy atom. The first-order valence-electron chi connectivity index (χ1n) is 6.65. The van der Waals surface area contributed by atoms with Crippen LogP contribution < -0.4 is 10.1 Å². The molecule has 1 aromatic carbocycles. The van der Waals surface area contributed by atoms with Crippen LogP contribution in [0.25, 0.3) is 0 Å². The van der Waals surface area contributed by atoms with Crippen molar-refractivity contribution in [2.24, 2.45) is 0 Å². The molecular formula is C14H18BrCl2NO3. The van der Waals surface area contributed by atoms with Crippen LogP contribution in [-0.4, -0.2) is 45.6 Å². The van der Waals surface area contributed by atoms with Crippen LogP contribution in [0, 0.1) is 0 Å². The van der Waals surface area contributed by atoms with E-state index in [2.05, 4.69) is 21.2 Å². The Morgan fingerprint density at radius 3 is 2.71 bits per heavy atom. The van der Waals surface area contributed by atoms with Crippen molar-refractivity contribution in [3.8, 4) is 5.75 Å². The summed E-state index contributed by atoms with van der Waals surface area (Å²) in [5.41, 5.74) is 0. The van der Waals surface area contributed by atoms with E-state index in [0.717, 1.165) is 10.9 Å². The second-order valence-corrected chi connectivity index (χ2v) is 6.48. The molecule has 0 radical (unpaired) electrons. The first-order chi connectivity index (χ1) is 10.1. The van der Waals surface area contributed by atoms with Gasteiger partial charge in [-0.1, -0.05) is 23.2 Å². The van der Waals surface area contributed by atoms with E-state index in [1.54, 1.807) is 19.2 Å². The summed E-state index contributed by atoms with van der Waals surface area (Å²) >= 11 is 15.6. The molecule has 4 nitrogen and oxygen atoms in total. The van der Waals surface area contributed by atoms with Gasteiger partial charge in [0.05, 0.1) is 23.3 Å². The molecule has 1 N–H and O–H groups in total. The molecule has 1 aromatic rings. The molecule has 118 valence electrons. The molecule has 21 heavy (non-hydrogen) atoms. The van der Waals surface area contributed by atoms with Crippen molar-refractivity contribution in [3.63, 3.8) is 0 Å². The number of methoxy groups -OCH3 is 1. The van der Waals surface area contributed by atoms with Gasteiger partial charge in [-0.2, -0.15) is 0 Å². The van der Waals surface area contributed by atoms with Gasteiger partial charge >= 0.3 is 0 Å². The molecule has 1 aliphatic rings. The summed E-state index contributed by atoms with van der Waals surface area (Å²) in [5, 5.41) is 4.31. The molecule has 0 spiro atoms. The number of likely N-dealkylation sites (N-methyl/N-ethyl adjacent to an activating group) is 1. The highest BCUT2D eigenvalue weighted by Gasteiger charge is 2.43. The van der Waals surface area contributed by atoms with Gasteiger partial charge in [-0.05, 0) is 29.0 Å². The second-order valence-electron chi connectivity index (χ2n) is 4.81. The molecule has 0 saturated heterocycles. The van der Waals surface area contributed by atoms with Crippen LogP contribution in [0.1, 0.15) is 6.42 Å². The normalized spacial score (nSPS) is 24.7. The Hall–Kier alpha value is -0.0400. The fraction of sp³-hybridized carbons (Fsp3) is 0.571. The topological polar surface area (TPSA) is 39.7 Å². The van der Waals surface area contributed by atoms with Crippen LogP contribution in [0.5, 0.6) is 5.75 Å². The average Bonchev–Trinajstić information content (AvgIpc) is 2.44. The van der Waals surface area contributed by atoms with E-state index in [1.165, 1.54) is 0 Å². The minimum atomic E-state index is -0.0472. The Labute approximate surface area is 143 Å². The molecule has 3 atom stereocenters. The zero-order valence-corrected chi connectivity index (χ0v) is 15.0. The maximum Gasteiger partial charge on any atom is 0.140 e. The maximum atomic E-state index is 6.18. The first-order valence-corrected chi connectivity index (χ1v) is 8.20. The third-order valence-corrected chi connectivity index (χ3v) is 4.96. The lowest BCUT2D eigenvalue weighted by molar-refractivity contribution is -0.114. The number of benzene rings is 1. The van der Waals surface area contributed by atoms with Crippen LogP contribution in [0.2, 0.25) is 10.0 Å². The fourth-order valence-electron chi connectivity index (χ4n) is 2.23. The average molecular weight is 399 g/mol. The number of hydrogen-bond acceptors (Lipinski definition) is 4. The van der Waals surface area contributed by atoms with Gasteiger partial charge in [0.1, 0.15) is 18.0 Å². The lowest BCUT2D eigenvalue weighted by Gasteiger charge is -2.43. The zero-order valence-electron chi connectivity index (χ0n) is 11.9. The summed E-state index contributed by atoms with van der Waals surface area (Å²) in [6, 6.07) is 3.72. The van der Waals surface area contributed by atoms with E-state index < -0.39 is 0 Å². The molecular weight excluding hydrogens is 381 g/mol. The van der Waals surface area contributed by atoms with Crippen LogP contribution in [0.3, 0.4) is 0 Å². The van der Waals surface area contributed by atoms with Crippen LogP contribution in [-0.2, 0) is 9.47 Å². The molecule has 1 saturated carbocycles. The Balaban J connectivity index is 2.00. The molecule has 0 amide bonds. The smallest absolute Gasteiger partial charge is 0.140 e. The summed E-state index contributed by atoms with van der Waals surface area (Å²) in [4.78, 5) is 0. The number of rotatable bonds is 7. The van der Waals surface area contributed by atoms with Gasteiger partial charge in [0.2, 0.25) is 0 Å². The molecule has 1 aliphatic carbocycles. The minimum Gasteiger partial charge on any atom is -0.486 e. The van der Waals surface area contributed by atoms with Gasteiger partial charge in [0.15, 0.2) is 0 Å². The van der Waals surface area contributed by atoms with Crippen molar-refractivity contribution >= 4 is 39.1 Å². The highest BCUT2D eigenvalue weighted by atomic mass is 79.9. The summed E-state index contributed by atoms with van der Waals surface area (Å²) in [5.74, 6) is 0.574. The van der Waals surface area contributed by atoms with Crippen LogP contribution >= 0.6 is 39.1 Å². The van der Waals surface area contributed by atoms with E-state index in [-0.39, 0.29) is 18.2 Å². The highest BCUT2D eigenvalue weighted by molar-refractivity contribution is 9.10. The maximum absolute atomic E-state index is 6.18. The Kier molecular flexibility index (Phi) is 6.59. The lowest BCUT2D eigenvalue weighted by Crippen LogP contribution is -2.60. The van der Waals surface area contributed by atoms with Crippen LogP contribution in [0.4, 0.5) is 0 Å². The number of hydrogen-bond donors (Lipinski definition) is 1. The molecule has 0 aliphatic heterocycles. The largest absolute Gasteiger partial charge is 0.486 e. The zero-order chi connectivity index (χ0) is 15.4. The van der Waals surface area contributed by atoms with E-state index >= 15 is 0 Å². The standard InChI is InChI=1S/C14H18BrCl2NO3/c1-18-11-7-13(14(11)20-4-3-19-2)21-12-6-9(16)8(15)5-10(12)17/h5-6,11,13-14,18H,3-4,7H2,1-2H3. The van der Waals surface area contributed by atoms with Crippen molar-refractivity contribution in [2.45, 2.75) is 24.7 Å². The molecule has 0 bridgehead atoms. The van der Waals surface area contributed by atoms with Gasteiger partial charge in [0, 0.05) is 30.1 Å². The Morgan fingerprint density at radius 2 is 2.05 bits per heavy atom. The molecule has 1 fully saturated rings. The van der Waals surface area contributed by atoms with Gasteiger partial charge in [0.25, 0.3) is 0 Å². The molecule has 0 heterocycles. The third-order valence-electron chi connectivity index (χ3n) is 3.47. The molecule has 2 rings (SSSR count). The van der Waals surface area contributed by atoms with Crippen molar-refractivity contribution in [1.82, 2.24) is 5.32 Å². The van der Waals surface area contributed by atoms with Crippen LogP contribution in [0.15, 0.2) is 16.6 Å². The second kappa shape index (κ2) is 7.99. The van der Waals surface area contributed by atoms with Crippen molar-refractivity contribution in [3.05, 3.63) is 26.7 Å². The summed E-state index contributed by atoms with van der Waals surface area (Å²) in [6.07, 6.45) is 0.788. The van der Waals surface area contributed by atoms with Gasteiger partial charge in [-0.15, -0.1) is 0 Å². The van der Waals surface area contributed by atoms with Gasteiger partial charge < -0.3 is 19.5 Å². The lowest BCUT2D eigenvalue weighted by atomic mass is 9.85. The molecule has 0 aromatic heterocycles. The van der Waals surface area contributed by atoms with E-state index in [9.17, 15) is 0 Å². The van der Waals surface area contributed by atoms with Gasteiger partial charge in [-0.3, -0.25) is 0 Å². The summed E-state index contributed by atoms with van der Waals surface area (Å²) in [7, 11) is 3.56. The third kappa shape index (κ3) is 4.24. The van der Waals surface area contributed by atoms with Crippen molar-refractivity contribution < 1.29 is 14.2 Å². The highest BCUT2D eigenvalue weighted by Crippen LogP contribution is 2.37. The van der Waals surface area contributed by atoms with Crippen molar-refractivity contribution in [2.75, 3.05) is 27.4 Å². The van der Waals surface area contributed by atoms with E-state index in [0.29, 0.717) is 29.0 Å². The minimum absolute atomic E-state index is 0.0244.